The SMILES string of the molecule is N#Cc1cc(CNCC2CCC(=O)N2)ccn1. The Bertz CT molecular complexity index is 452. The Kier molecular flexibility index (Phi) is 3.68. The van der Waals surface area contributed by atoms with E-state index in [0.717, 1.165) is 18.5 Å². The van der Waals surface area contributed by atoms with Crippen LogP contribution >= 0.6 is 0 Å². The standard InChI is InChI=1S/C12H14N4O/c13-6-11-5-9(3-4-15-11)7-14-8-10-1-2-12(17)16-10/h3-5,10,14H,1-2,7-8H2,(H,16,17). The number of carbonyl (C=O) groups is 1. The summed E-state index contributed by atoms with van der Waals surface area (Å²) in [5.41, 5.74) is 1.46. The van der Waals surface area contributed by atoms with Crippen LogP contribution < -0.4 is 10.6 Å². The van der Waals surface area contributed by atoms with Gasteiger partial charge in [0.05, 0.1) is 0 Å². The van der Waals surface area contributed by atoms with E-state index in [9.17, 15) is 4.79 Å². The minimum absolute atomic E-state index is 0.132. The third kappa shape index (κ3) is 3.26. The lowest BCUT2D eigenvalue weighted by molar-refractivity contribution is -0.119. The third-order valence-electron chi connectivity index (χ3n) is 2.74. The Morgan fingerprint density at radius 2 is 2.53 bits per heavy atom. The van der Waals surface area contributed by atoms with Gasteiger partial charge in [-0.25, -0.2) is 4.98 Å². The van der Waals surface area contributed by atoms with Crippen LogP contribution in [-0.2, 0) is 11.3 Å². The molecule has 1 atom stereocenters. The van der Waals surface area contributed by atoms with E-state index >= 15 is 0 Å². The van der Waals surface area contributed by atoms with E-state index in [2.05, 4.69) is 15.6 Å². The molecule has 1 unspecified atom stereocenters. The van der Waals surface area contributed by atoms with Gasteiger partial charge in [-0.15, -0.1) is 0 Å². The lowest BCUT2D eigenvalue weighted by Crippen LogP contribution is -2.35. The third-order valence-corrected chi connectivity index (χ3v) is 2.74. The van der Waals surface area contributed by atoms with E-state index in [0.29, 0.717) is 18.7 Å². The molecule has 1 aromatic rings. The molecule has 5 nitrogen and oxygen atoms in total. The molecule has 0 radical (unpaired) electrons. The van der Waals surface area contributed by atoms with E-state index in [1.165, 1.54) is 0 Å². The van der Waals surface area contributed by atoms with Gasteiger partial charge in [-0.05, 0) is 24.1 Å². The highest BCUT2D eigenvalue weighted by Crippen LogP contribution is 2.06. The first-order chi connectivity index (χ1) is 8.28. The highest BCUT2D eigenvalue weighted by atomic mass is 16.1. The summed E-state index contributed by atoms with van der Waals surface area (Å²) in [6.45, 7) is 1.44. The summed E-state index contributed by atoms with van der Waals surface area (Å²) in [6, 6.07) is 5.88. The number of nitrogens with one attached hydrogen (secondary N) is 2. The van der Waals surface area contributed by atoms with Crippen LogP contribution in [0.2, 0.25) is 0 Å². The molecule has 2 heterocycles. The molecule has 2 N–H and O–H groups in total. The predicted octanol–water partition coefficient (Wildman–Crippen LogP) is 0.321. The summed E-state index contributed by atoms with van der Waals surface area (Å²) in [5, 5.41) is 14.9. The lowest BCUT2D eigenvalue weighted by atomic mass is 10.2. The Labute approximate surface area is 99.9 Å². The molecular formula is C12H14N4O. The van der Waals surface area contributed by atoms with Crippen molar-refractivity contribution < 1.29 is 4.79 Å². The average molecular weight is 230 g/mol. The number of nitrogens with zero attached hydrogens (tertiary/aromatic N) is 2. The first kappa shape index (κ1) is 11.6. The summed E-state index contributed by atoms with van der Waals surface area (Å²) in [4.78, 5) is 14.9. The Morgan fingerprint density at radius 3 is 3.24 bits per heavy atom. The fourth-order valence-corrected chi connectivity index (χ4v) is 1.87. The second kappa shape index (κ2) is 5.41. The van der Waals surface area contributed by atoms with Crippen LogP contribution in [0.25, 0.3) is 0 Å². The zero-order valence-corrected chi connectivity index (χ0v) is 9.44. The highest BCUT2D eigenvalue weighted by Gasteiger charge is 2.19. The minimum Gasteiger partial charge on any atom is -0.352 e. The molecule has 1 amide bonds. The fraction of sp³-hybridized carbons (Fsp3) is 0.417. The van der Waals surface area contributed by atoms with Crippen molar-refractivity contribution in [3.63, 3.8) is 0 Å². The Hall–Kier alpha value is -1.93. The molecule has 1 aromatic heterocycles. The molecule has 17 heavy (non-hydrogen) atoms. The van der Waals surface area contributed by atoms with Crippen LogP contribution in [0.15, 0.2) is 18.3 Å². The number of rotatable bonds is 4. The van der Waals surface area contributed by atoms with Crippen LogP contribution in [-0.4, -0.2) is 23.5 Å². The van der Waals surface area contributed by atoms with Crippen molar-refractivity contribution in [2.75, 3.05) is 6.54 Å². The minimum atomic E-state index is 0.132. The van der Waals surface area contributed by atoms with Crippen molar-refractivity contribution in [1.29, 1.82) is 5.26 Å². The number of aromatic nitrogens is 1. The zero-order valence-electron chi connectivity index (χ0n) is 9.44. The normalized spacial score (nSPS) is 18.8. The fourth-order valence-electron chi connectivity index (χ4n) is 1.87. The largest absolute Gasteiger partial charge is 0.352 e. The number of pyridine rings is 1. The van der Waals surface area contributed by atoms with E-state index in [4.69, 9.17) is 5.26 Å². The number of hydrogen-bond donors (Lipinski definition) is 2. The number of nitriles is 1. The van der Waals surface area contributed by atoms with Crippen molar-refractivity contribution in [1.82, 2.24) is 15.6 Å². The molecular weight excluding hydrogens is 216 g/mol. The molecule has 1 aliphatic rings. The monoisotopic (exact) mass is 230 g/mol. The second-order valence-corrected chi connectivity index (χ2v) is 4.10. The lowest BCUT2D eigenvalue weighted by Gasteiger charge is -2.11. The van der Waals surface area contributed by atoms with Crippen molar-refractivity contribution in [2.24, 2.45) is 0 Å². The van der Waals surface area contributed by atoms with Gasteiger partial charge >= 0.3 is 0 Å². The van der Waals surface area contributed by atoms with Gasteiger partial charge in [-0.1, -0.05) is 0 Å². The van der Waals surface area contributed by atoms with Crippen molar-refractivity contribution in [2.45, 2.75) is 25.4 Å². The molecule has 88 valence electrons. The van der Waals surface area contributed by atoms with Gasteiger partial charge in [0, 0.05) is 31.7 Å². The molecule has 0 bridgehead atoms. The van der Waals surface area contributed by atoms with Gasteiger partial charge in [0.25, 0.3) is 0 Å². The van der Waals surface area contributed by atoms with Gasteiger partial charge in [0.2, 0.25) is 5.91 Å². The van der Waals surface area contributed by atoms with Crippen LogP contribution in [0.5, 0.6) is 0 Å². The average Bonchev–Trinajstić information content (AvgIpc) is 2.75. The van der Waals surface area contributed by atoms with Crippen molar-refractivity contribution in [3.05, 3.63) is 29.6 Å². The molecule has 0 spiro atoms. The first-order valence-electron chi connectivity index (χ1n) is 5.63. The van der Waals surface area contributed by atoms with Crippen molar-refractivity contribution in [3.8, 4) is 6.07 Å². The van der Waals surface area contributed by atoms with Gasteiger partial charge in [0.1, 0.15) is 11.8 Å². The zero-order chi connectivity index (χ0) is 12.1. The molecule has 0 aliphatic carbocycles. The van der Waals surface area contributed by atoms with Crippen LogP contribution in [0.4, 0.5) is 0 Å². The van der Waals surface area contributed by atoms with E-state index in [-0.39, 0.29) is 11.9 Å². The smallest absolute Gasteiger partial charge is 0.220 e. The molecule has 1 saturated heterocycles. The molecule has 1 fully saturated rings. The van der Waals surface area contributed by atoms with Crippen LogP contribution in [0.1, 0.15) is 24.1 Å². The predicted molar refractivity (Wildman–Crippen MR) is 61.8 cm³/mol. The summed E-state index contributed by atoms with van der Waals surface area (Å²) in [5.74, 6) is 0.132. The number of carbonyl (C=O) groups excluding carboxylic acids is 1. The maximum Gasteiger partial charge on any atom is 0.220 e. The van der Waals surface area contributed by atoms with Gasteiger partial charge < -0.3 is 10.6 Å². The summed E-state index contributed by atoms with van der Waals surface area (Å²) >= 11 is 0. The maximum absolute atomic E-state index is 11.0. The Morgan fingerprint density at radius 1 is 1.65 bits per heavy atom. The van der Waals surface area contributed by atoms with E-state index in [1.54, 1.807) is 12.3 Å². The number of hydrogen-bond acceptors (Lipinski definition) is 4. The highest BCUT2D eigenvalue weighted by molar-refractivity contribution is 5.78. The maximum atomic E-state index is 11.0. The van der Waals surface area contributed by atoms with Gasteiger partial charge in [-0.3, -0.25) is 4.79 Å². The summed E-state index contributed by atoms with van der Waals surface area (Å²) in [6.07, 6.45) is 3.15. The van der Waals surface area contributed by atoms with E-state index < -0.39 is 0 Å². The van der Waals surface area contributed by atoms with Crippen LogP contribution in [0, 0.1) is 11.3 Å². The topological polar surface area (TPSA) is 77.8 Å². The van der Waals surface area contributed by atoms with Gasteiger partial charge in [-0.2, -0.15) is 5.26 Å². The molecule has 1 aliphatic heterocycles. The molecule has 0 aromatic carbocycles. The molecule has 2 rings (SSSR count). The molecule has 5 heteroatoms. The number of amides is 1. The van der Waals surface area contributed by atoms with Crippen molar-refractivity contribution >= 4 is 5.91 Å². The molecule has 0 saturated carbocycles. The van der Waals surface area contributed by atoms with Gasteiger partial charge in [0.15, 0.2) is 0 Å². The quantitative estimate of drug-likeness (QED) is 0.781. The summed E-state index contributed by atoms with van der Waals surface area (Å²) < 4.78 is 0. The summed E-state index contributed by atoms with van der Waals surface area (Å²) in [7, 11) is 0. The Balaban J connectivity index is 1.78. The first-order valence-corrected chi connectivity index (χ1v) is 5.63. The van der Waals surface area contributed by atoms with E-state index in [1.807, 2.05) is 12.1 Å². The second-order valence-electron chi connectivity index (χ2n) is 4.10. The van der Waals surface area contributed by atoms with Crippen LogP contribution in [0.3, 0.4) is 0 Å².